The van der Waals surface area contributed by atoms with E-state index in [-0.39, 0.29) is 6.04 Å². The molecule has 0 saturated heterocycles. The molecule has 3 nitrogen and oxygen atoms in total. The van der Waals surface area contributed by atoms with Crippen molar-refractivity contribution in [3.05, 3.63) is 50.4 Å². The van der Waals surface area contributed by atoms with E-state index in [1.165, 1.54) is 16.0 Å². The number of nitrogens with two attached hydrogens (primary N) is 1. The molecule has 1 unspecified atom stereocenters. The van der Waals surface area contributed by atoms with Crippen molar-refractivity contribution in [3.63, 3.8) is 0 Å². The van der Waals surface area contributed by atoms with Crippen LogP contribution >= 0.6 is 27.3 Å². The van der Waals surface area contributed by atoms with Crippen LogP contribution in [0.5, 0.6) is 0 Å². The number of hydrogen-bond donors (Lipinski definition) is 1. The lowest BCUT2D eigenvalue weighted by Gasteiger charge is -2.27. The van der Waals surface area contributed by atoms with Gasteiger partial charge < -0.3 is 5.73 Å². The van der Waals surface area contributed by atoms with Gasteiger partial charge in [-0.2, -0.15) is 0 Å². The number of thiophene rings is 1. The number of halogens is 1. The van der Waals surface area contributed by atoms with E-state index in [2.05, 4.69) is 51.2 Å². The van der Waals surface area contributed by atoms with Gasteiger partial charge in [0.05, 0.1) is 0 Å². The highest BCUT2D eigenvalue weighted by Crippen LogP contribution is 2.26. The molecule has 0 aliphatic rings. The summed E-state index contributed by atoms with van der Waals surface area (Å²) in [5.74, 6) is 0. The Bertz CT molecular complexity index is 541. The molecule has 2 heterocycles. The SMILES string of the molecule is Cc1ccncc1C(CN)N(C)Cc1cc(Br)cs1. The van der Waals surface area contributed by atoms with Crippen LogP contribution in [-0.2, 0) is 6.54 Å². The van der Waals surface area contributed by atoms with Gasteiger partial charge in [-0.05, 0) is 53.2 Å². The fourth-order valence-electron chi connectivity index (χ4n) is 2.16. The summed E-state index contributed by atoms with van der Waals surface area (Å²) in [4.78, 5) is 7.83. The van der Waals surface area contributed by atoms with Crippen LogP contribution in [0, 0.1) is 6.92 Å². The highest BCUT2D eigenvalue weighted by Gasteiger charge is 2.18. The number of likely N-dealkylation sites (N-methyl/N-ethyl adjacent to an activating group) is 1. The van der Waals surface area contributed by atoms with Crippen LogP contribution in [0.4, 0.5) is 0 Å². The zero-order chi connectivity index (χ0) is 13.8. The van der Waals surface area contributed by atoms with Crippen molar-refractivity contribution in [1.29, 1.82) is 0 Å². The molecule has 1 atom stereocenters. The number of hydrogen-bond acceptors (Lipinski definition) is 4. The number of nitrogens with zero attached hydrogens (tertiary/aromatic N) is 2. The van der Waals surface area contributed by atoms with Gasteiger partial charge in [0.2, 0.25) is 0 Å². The molecule has 0 aliphatic carbocycles. The van der Waals surface area contributed by atoms with Gasteiger partial charge in [0, 0.05) is 46.3 Å². The van der Waals surface area contributed by atoms with E-state index in [1.807, 2.05) is 18.5 Å². The minimum absolute atomic E-state index is 0.203. The van der Waals surface area contributed by atoms with Crippen LogP contribution in [-0.4, -0.2) is 23.5 Å². The molecule has 0 aromatic carbocycles. The Morgan fingerprint density at radius 3 is 2.89 bits per heavy atom. The van der Waals surface area contributed by atoms with E-state index in [0.717, 1.165) is 11.0 Å². The van der Waals surface area contributed by atoms with Crippen molar-refractivity contribution < 1.29 is 0 Å². The predicted molar refractivity (Wildman–Crippen MR) is 84.3 cm³/mol. The van der Waals surface area contributed by atoms with E-state index in [9.17, 15) is 0 Å². The molecule has 0 radical (unpaired) electrons. The van der Waals surface area contributed by atoms with Crippen molar-refractivity contribution in [1.82, 2.24) is 9.88 Å². The molecular formula is C14H18BrN3S. The lowest BCUT2D eigenvalue weighted by atomic mass is 10.0. The van der Waals surface area contributed by atoms with Crippen LogP contribution in [0.15, 0.2) is 34.4 Å². The normalized spacial score (nSPS) is 12.9. The van der Waals surface area contributed by atoms with Gasteiger partial charge in [0.15, 0.2) is 0 Å². The number of rotatable bonds is 5. The molecule has 0 bridgehead atoms. The second-order valence-electron chi connectivity index (χ2n) is 4.63. The minimum Gasteiger partial charge on any atom is -0.329 e. The summed E-state index contributed by atoms with van der Waals surface area (Å²) >= 11 is 5.25. The zero-order valence-electron chi connectivity index (χ0n) is 11.1. The maximum atomic E-state index is 5.96. The first kappa shape index (κ1) is 14.7. The maximum Gasteiger partial charge on any atom is 0.0489 e. The second kappa shape index (κ2) is 6.61. The van der Waals surface area contributed by atoms with Gasteiger partial charge in [-0.25, -0.2) is 0 Å². The third kappa shape index (κ3) is 3.63. The third-order valence-electron chi connectivity index (χ3n) is 3.22. The molecule has 2 N–H and O–H groups in total. The predicted octanol–water partition coefficient (Wildman–Crippen LogP) is 3.35. The standard InChI is InChI=1S/C14H18BrN3S/c1-10-3-4-17-7-13(10)14(6-16)18(2)8-12-5-11(15)9-19-12/h3-5,7,9,14H,6,8,16H2,1-2H3. The fraction of sp³-hybridized carbons (Fsp3) is 0.357. The van der Waals surface area contributed by atoms with Crippen LogP contribution in [0.2, 0.25) is 0 Å². The average molecular weight is 340 g/mol. The first-order chi connectivity index (χ1) is 9.11. The van der Waals surface area contributed by atoms with Crippen LogP contribution in [0.25, 0.3) is 0 Å². The third-order valence-corrected chi connectivity index (χ3v) is 4.90. The van der Waals surface area contributed by atoms with Gasteiger partial charge in [0.25, 0.3) is 0 Å². The van der Waals surface area contributed by atoms with Crippen LogP contribution in [0.1, 0.15) is 22.0 Å². The van der Waals surface area contributed by atoms with Gasteiger partial charge >= 0.3 is 0 Å². The van der Waals surface area contributed by atoms with Gasteiger partial charge in [-0.15, -0.1) is 11.3 Å². The first-order valence-corrected chi connectivity index (χ1v) is 7.82. The Hall–Kier alpha value is -0.750. The van der Waals surface area contributed by atoms with Crippen LogP contribution in [0.3, 0.4) is 0 Å². The number of aryl methyl sites for hydroxylation is 1. The number of pyridine rings is 1. The van der Waals surface area contributed by atoms with E-state index in [0.29, 0.717) is 6.54 Å². The van der Waals surface area contributed by atoms with Crippen molar-refractivity contribution in [3.8, 4) is 0 Å². The van der Waals surface area contributed by atoms with E-state index in [4.69, 9.17) is 5.73 Å². The Kier molecular flexibility index (Phi) is 5.10. The maximum absolute atomic E-state index is 5.96. The van der Waals surface area contributed by atoms with Crippen molar-refractivity contribution in [2.75, 3.05) is 13.6 Å². The number of aromatic nitrogens is 1. The molecule has 0 saturated carbocycles. The van der Waals surface area contributed by atoms with Crippen molar-refractivity contribution >= 4 is 27.3 Å². The Labute approximate surface area is 126 Å². The lowest BCUT2D eigenvalue weighted by molar-refractivity contribution is 0.242. The highest BCUT2D eigenvalue weighted by atomic mass is 79.9. The van der Waals surface area contributed by atoms with Crippen LogP contribution < -0.4 is 5.73 Å². The summed E-state index contributed by atoms with van der Waals surface area (Å²) < 4.78 is 1.14. The first-order valence-electron chi connectivity index (χ1n) is 6.15. The Morgan fingerprint density at radius 1 is 1.53 bits per heavy atom. The Balaban J connectivity index is 2.15. The van der Waals surface area contributed by atoms with Gasteiger partial charge in [-0.3, -0.25) is 9.88 Å². The van der Waals surface area contributed by atoms with Gasteiger partial charge in [-0.1, -0.05) is 0 Å². The molecule has 102 valence electrons. The molecule has 0 aliphatic heterocycles. The zero-order valence-corrected chi connectivity index (χ0v) is 13.5. The molecule has 0 amide bonds. The van der Waals surface area contributed by atoms with E-state index >= 15 is 0 Å². The molecular weight excluding hydrogens is 322 g/mol. The minimum atomic E-state index is 0.203. The van der Waals surface area contributed by atoms with Crippen molar-refractivity contribution in [2.24, 2.45) is 5.73 Å². The fourth-order valence-corrected chi connectivity index (χ4v) is 3.68. The Morgan fingerprint density at radius 2 is 2.32 bits per heavy atom. The molecule has 0 spiro atoms. The molecule has 2 aromatic heterocycles. The molecule has 19 heavy (non-hydrogen) atoms. The summed E-state index contributed by atoms with van der Waals surface area (Å²) in [6.07, 6.45) is 3.75. The summed E-state index contributed by atoms with van der Waals surface area (Å²) in [6, 6.07) is 4.40. The summed E-state index contributed by atoms with van der Waals surface area (Å²) in [5.41, 5.74) is 8.41. The molecule has 0 fully saturated rings. The molecule has 2 aromatic rings. The monoisotopic (exact) mass is 339 g/mol. The smallest absolute Gasteiger partial charge is 0.0489 e. The average Bonchev–Trinajstić information content (AvgIpc) is 2.78. The molecule has 2 rings (SSSR count). The summed E-state index contributed by atoms with van der Waals surface area (Å²) in [7, 11) is 2.11. The van der Waals surface area contributed by atoms with E-state index < -0.39 is 0 Å². The van der Waals surface area contributed by atoms with Crippen molar-refractivity contribution in [2.45, 2.75) is 19.5 Å². The topological polar surface area (TPSA) is 42.1 Å². The highest BCUT2D eigenvalue weighted by molar-refractivity contribution is 9.10. The second-order valence-corrected chi connectivity index (χ2v) is 6.54. The lowest BCUT2D eigenvalue weighted by Crippen LogP contribution is -2.30. The largest absolute Gasteiger partial charge is 0.329 e. The summed E-state index contributed by atoms with van der Waals surface area (Å²) in [6.45, 7) is 3.59. The summed E-state index contributed by atoms with van der Waals surface area (Å²) in [5, 5.41) is 2.11. The molecule has 5 heteroatoms. The van der Waals surface area contributed by atoms with Gasteiger partial charge in [0.1, 0.15) is 0 Å². The quantitative estimate of drug-likeness (QED) is 0.908. The van der Waals surface area contributed by atoms with E-state index in [1.54, 1.807) is 11.3 Å².